The first-order valence-electron chi connectivity index (χ1n) is 8.38. The molecule has 134 valence electrons. The molecule has 25 heavy (non-hydrogen) atoms. The van der Waals surface area contributed by atoms with Gasteiger partial charge in [0.1, 0.15) is 12.4 Å². The zero-order chi connectivity index (χ0) is 18.0. The Kier molecular flexibility index (Phi) is 5.39. The van der Waals surface area contributed by atoms with Crippen LogP contribution in [0.1, 0.15) is 17.0 Å². The fourth-order valence-electron chi connectivity index (χ4n) is 3.08. The summed E-state index contributed by atoms with van der Waals surface area (Å²) >= 11 is 6.13. The molecule has 0 radical (unpaired) electrons. The van der Waals surface area contributed by atoms with Crippen molar-refractivity contribution in [2.75, 3.05) is 26.2 Å². The highest BCUT2D eigenvalue weighted by atomic mass is 35.5. The molecule has 0 unspecified atom stereocenters. The van der Waals surface area contributed by atoms with E-state index in [0.717, 1.165) is 24.5 Å². The highest BCUT2D eigenvalue weighted by Crippen LogP contribution is 2.19. The first-order valence-corrected chi connectivity index (χ1v) is 8.76. The van der Waals surface area contributed by atoms with Gasteiger partial charge in [0.05, 0.1) is 16.4 Å². The third-order valence-electron chi connectivity index (χ3n) is 4.65. The van der Waals surface area contributed by atoms with E-state index in [4.69, 9.17) is 11.6 Å². The molecule has 1 amide bonds. The van der Waals surface area contributed by atoms with Gasteiger partial charge in [-0.1, -0.05) is 29.8 Å². The third kappa shape index (κ3) is 4.02. The lowest BCUT2D eigenvalue weighted by Gasteiger charge is -2.34. The van der Waals surface area contributed by atoms with Gasteiger partial charge in [-0.3, -0.25) is 14.4 Å². The highest BCUT2D eigenvalue weighted by molar-refractivity contribution is 6.31. The number of nitrogens with zero attached hydrogens (tertiary/aromatic N) is 4. The largest absolute Gasteiger partial charge is 0.339 e. The van der Waals surface area contributed by atoms with Gasteiger partial charge in [0.25, 0.3) is 0 Å². The topological polar surface area (TPSA) is 41.4 Å². The number of aryl methyl sites for hydroxylation is 1. The molecule has 1 aliphatic rings. The smallest absolute Gasteiger partial charge is 0.244 e. The molecule has 0 spiro atoms. The Morgan fingerprint density at radius 2 is 1.88 bits per heavy atom. The van der Waals surface area contributed by atoms with Gasteiger partial charge in [-0.2, -0.15) is 5.10 Å². The van der Waals surface area contributed by atoms with Gasteiger partial charge in [0, 0.05) is 38.3 Å². The molecule has 2 heterocycles. The van der Waals surface area contributed by atoms with Crippen LogP contribution in [-0.2, 0) is 17.9 Å². The Balaban J connectivity index is 1.54. The van der Waals surface area contributed by atoms with Crippen molar-refractivity contribution in [1.29, 1.82) is 0 Å². The van der Waals surface area contributed by atoms with Crippen molar-refractivity contribution in [2.45, 2.75) is 26.9 Å². The molecule has 0 aliphatic carbocycles. The van der Waals surface area contributed by atoms with Gasteiger partial charge >= 0.3 is 0 Å². The summed E-state index contributed by atoms with van der Waals surface area (Å²) in [6.45, 7) is 7.21. The predicted molar refractivity (Wildman–Crippen MR) is 95.0 cm³/mol. The number of hydrogen-bond donors (Lipinski definition) is 0. The molecular formula is C18H22ClFN4O. The minimum Gasteiger partial charge on any atom is -0.339 e. The highest BCUT2D eigenvalue weighted by Gasteiger charge is 2.23. The van der Waals surface area contributed by atoms with E-state index in [1.54, 1.807) is 16.8 Å². The molecule has 7 heteroatoms. The van der Waals surface area contributed by atoms with Crippen molar-refractivity contribution in [1.82, 2.24) is 19.6 Å². The van der Waals surface area contributed by atoms with Gasteiger partial charge < -0.3 is 4.90 Å². The molecule has 0 N–H and O–H groups in total. The lowest BCUT2D eigenvalue weighted by molar-refractivity contribution is -0.133. The molecule has 1 aromatic carbocycles. The second-order valence-corrected chi connectivity index (χ2v) is 6.77. The van der Waals surface area contributed by atoms with Crippen LogP contribution in [0, 0.1) is 19.7 Å². The molecule has 0 saturated carbocycles. The second-order valence-electron chi connectivity index (χ2n) is 6.39. The summed E-state index contributed by atoms with van der Waals surface area (Å²) in [6.07, 6.45) is 0. The molecular weight excluding hydrogens is 343 g/mol. The Bertz CT molecular complexity index is 768. The molecule has 2 aromatic rings. The first kappa shape index (κ1) is 17.9. The lowest BCUT2D eigenvalue weighted by atomic mass is 10.2. The Hall–Kier alpha value is -1.92. The normalized spacial score (nSPS) is 15.6. The van der Waals surface area contributed by atoms with Crippen LogP contribution in [-0.4, -0.2) is 51.7 Å². The number of hydrogen-bond acceptors (Lipinski definition) is 3. The maximum absolute atomic E-state index is 13.8. The zero-order valence-electron chi connectivity index (χ0n) is 14.5. The maximum atomic E-state index is 13.8. The molecule has 3 rings (SSSR count). The molecule has 0 atom stereocenters. The average Bonchev–Trinajstić information content (AvgIpc) is 2.84. The van der Waals surface area contributed by atoms with Gasteiger partial charge in [-0.25, -0.2) is 4.39 Å². The van der Waals surface area contributed by atoms with Gasteiger partial charge in [-0.15, -0.1) is 0 Å². The maximum Gasteiger partial charge on any atom is 0.244 e. The van der Waals surface area contributed by atoms with E-state index >= 15 is 0 Å². The standard InChI is InChI=1S/C18H22ClFN4O/c1-13-18(19)14(2)24(21-13)12-17(25)23-9-7-22(8-10-23)11-15-5-3-4-6-16(15)20/h3-6H,7-12H2,1-2H3. The second kappa shape index (κ2) is 7.54. The summed E-state index contributed by atoms with van der Waals surface area (Å²) in [5, 5.41) is 4.92. The van der Waals surface area contributed by atoms with Crippen molar-refractivity contribution in [3.63, 3.8) is 0 Å². The Morgan fingerprint density at radius 3 is 2.48 bits per heavy atom. The summed E-state index contributed by atoms with van der Waals surface area (Å²) in [5.41, 5.74) is 2.24. The average molecular weight is 365 g/mol. The minimum atomic E-state index is -0.178. The first-order chi connectivity index (χ1) is 12.0. The molecule has 5 nitrogen and oxygen atoms in total. The number of aromatic nitrogens is 2. The van der Waals surface area contributed by atoms with Crippen LogP contribution in [0.3, 0.4) is 0 Å². The van der Waals surface area contributed by atoms with Crippen LogP contribution in [0.4, 0.5) is 4.39 Å². The Labute approximate surface area is 152 Å². The van der Waals surface area contributed by atoms with Crippen LogP contribution < -0.4 is 0 Å². The number of carbonyl (C=O) groups excluding carboxylic acids is 1. The van der Waals surface area contributed by atoms with E-state index in [1.807, 2.05) is 24.8 Å². The number of halogens is 2. The number of amides is 1. The van der Waals surface area contributed by atoms with E-state index in [1.165, 1.54) is 6.07 Å². The SMILES string of the molecule is Cc1nn(CC(=O)N2CCN(Cc3ccccc3F)CC2)c(C)c1Cl. The molecule has 1 saturated heterocycles. The van der Waals surface area contributed by atoms with Crippen molar-refractivity contribution in [3.05, 3.63) is 52.1 Å². The van der Waals surface area contributed by atoms with Gasteiger partial charge in [0.15, 0.2) is 0 Å². The van der Waals surface area contributed by atoms with Crippen molar-refractivity contribution in [2.24, 2.45) is 0 Å². The summed E-state index contributed by atoms with van der Waals surface area (Å²) in [6, 6.07) is 6.83. The van der Waals surface area contributed by atoms with Crippen LogP contribution in [0.25, 0.3) is 0 Å². The third-order valence-corrected chi connectivity index (χ3v) is 5.20. The van der Waals surface area contributed by atoms with E-state index in [0.29, 0.717) is 30.2 Å². The Morgan fingerprint density at radius 1 is 1.20 bits per heavy atom. The monoisotopic (exact) mass is 364 g/mol. The van der Waals surface area contributed by atoms with E-state index < -0.39 is 0 Å². The summed E-state index contributed by atoms with van der Waals surface area (Å²) in [4.78, 5) is 16.5. The zero-order valence-corrected chi connectivity index (χ0v) is 15.3. The van der Waals surface area contributed by atoms with Gasteiger partial charge in [0.2, 0.25) is 5.91 Å². The number of carbonyl (C=O) groups is 1. The fraction of sp³-hybridized carbons (Fsp3) is 0.444. The number of piperazine rings is 1. The molecule has 1 aromatic heterocycles. The summed E-state index contributed by atoms with van der Waals surface area (Å²) < 4.78 is 15.4. The molecule has 1 fully saturated rings. The van der Waals surface area contributed by atoms with Gasteiger partial charge in [-0.05, 0) is 19.9 Å². The van der Waals surface area contributed by atoms with Crippen molar-refractivity contribution >= 4 is 17.5 Å². The predicted octanol–water partition coefficient (Wildman–Crippen LogP) is 2.64. The lowest BCUT2D eigenvalue weighted by Crippen LogP contribution is -2.49. The quantitative estimate of drug-likeness (QED) is 0.837. The van der Waals surface area contributed by atoms with E-state index in [2.05, 4.69) is 10.00 Å². The van der Waals surface area contributed by atoms with Crippen LogP contribution in [0.5, 0.6) is 0 Å². The molecule has 0 bridgehead atoms. The van der Waals surface area contributed by atoms with Crippen LogP contribution >= 0.6 is 11.6 Å². The molecule has 1 aliphatic heterocycles. The van der Waals surface area contributed by atoms with Crippen molar-refractivity contribution in [3.8, 4) is 0 Å². The number of benzene rings is 1. The summed E-state index contributed by atoms with van der Waals surface area (Å²) in [5.74, 6) is -0.143. The van der Waals surface area contributed by atoms with Crippen LogP contribution in [0.2, 0.25) is 5.02 Å². The van der Waals surface area contributed by atoms with Crippen molar-refractivity contribution < 1.29 is 9.18 Å². The summed E-state index contributed by atoms with van der Waals surface area (Å²) in [7, 11) is 0. The van der Waals surface area contributed by atoms with E-state index in [9.17, 15) is 9.18 Å². The van der Waals surface area contributed by atoms with E-state index in [-0.39, 0.29) is 18.3 Å². The fourth-order valence-corrected chi connectivity index (χ4v) is 3.22. The number of rotatable bonds is 4. The minimum absolute atomic E-state index is 0.0350. The van der Waals surface area contributed by atoms with Crippen LogP contribution in [0.15, 0.2) is 24.3 Å².